The van der Waals surface area contributed by atoms with Gasteiger partial charge in [-0.15, -0.1) is 0 Å². The van der Waals surface area contributed by atoms with Gasteiger partial charge in [0, 0.05) is 11.6 Å². The second-order valence-electron chi connectivity index (χ2n) is 5.76. The minimum atomic E-state index is 0.156. The number of rotatable bonds is 3. The Morgan fingerprint density at radius 3 is 2.53 bits per heavy atom. The van der Waals surface area contributed by atoms with Gasteiger partial charge in [-0.25, -0.2) is 0 Å². The number of carbonyl (C=O) groups excluding carboxylic acids is 1. The Morgan fingerprint density at radius 2 is 1.95 bits per heavy atom. The first kappa shape index (κ1) is 14.1. The van der Waals surface area contributed by atoms with Crippen molar-refractivity contribution in [1.82, 2.24) is 0 Å². The molecule has 2 rings (SSSR count). The van der Waals surface area contributed by atoms with Gasteiger partial charge in [-0.05, 0) is 63.6 Å². The van der Waals surface area contributed by atoms with Gasteiger partial charge in [0.25, 0.3) is 0 Å². The summed E-state index contributed by atoms with van der Waals surface area (Å²) in [5.74, 6) is 0.941. The molecule has 3 N–H and O–H groups in total. The third-order valence-electron chi connectivity index (χ3n) is 4.19. The normalized spacial score (nSPS) is 23.1. The SMILES string of the molecule is Cc1ccc(NC(=O)C2CCC(CN)CC2)c(C)c1. The number of aryl methyl sites for hydroxylation is 2. The molecule has 0 radical (unpaired) electrons. The molecule has 1 fully saturated rings. The number of hydrogen-bond acceptors (Lipinski definition) is 2. The maximum absolute atomic E-state index is 12.3. The van der Waals surface area contributed by atoms with E-state index in [9.17, 15) is 4.79 Å². The van der Waals surface area contributed by atoms with E-state index < -0.39 is 0 Å². The number of carbonyl (C=O) groups is 1. The highest BCUT2D eigenvalue weighted by Crippen LogP contribution is 2.29. The Morgan fingerprint density at radius 1 is 1.26 bits per heavy atom. The van der Waals surface area contributed by atoms with E-state index in [1.807, 2.05) is 19.1 Å². The molecule has 0 saturated heterocycles. The molecule has 104 valence electrons. The van der Waals surface area contributed by atoms with Crippen LogP contribution in [0.25, 0.3) is 0 Å². The molecular formula is C16H24N2O. The molecule has 19 heavy (non-hydrogen) atoms. The van der Waals surface area contributed by atoms with E-state index in [0.29, 0.717) is 5.92 Å². The minimum Gasteiger partial charge on any atom is -0.330 e. The fourth-order valence-corrected chi connectivity index (χ4v) is 2.85. The van der Waals surface area contributed by atoms with Crippen LogP contribution in [0.4, 0.5) is 5.69 Å². The first-order chi connectivity index (χ1) is 9.10. The van der Waals surface area contributed by atoms with Crippen molar-refractivity contribution < 1.29 is 4.79 Å². The van der Waals surface area contributed by atoms with Gasteiger partial charge in [-0.1, -0.05) is 17.7 Å². The molecule has 1 saturated carbocycles. The summed E-state index contributed by atoms with van der Waals surface area (Å²) in [5.41, 5.74) is 8.97. The second-order valence-corrected chi connectivity index (χ2v) is 5.76. The molecule has 0 unspecified atom stereocenters. The van der Waals surface area contributed by atoms with Crippen LogP contribution >= 0.6 is 0 Å². The maximum atomic E-state index is 12.3. The van der Waals surface area contributed by atoms with Crippen molar-refractivity contribution >= 4 is 11.6 Å². The average molecular weight is 260 g/mol. The smallest absolute Gasteiger partial charge is 0.227 e. The zero-order valence-corrected chi connectivity index (χ0v) is 11.9. The standard InChI is InChI=1S/C16H24N2O/c1-11-3-8-15(12(2)9-11)18-16(19)14-6-4-13(10-17)5-7-14/h3,8-9,13-14H,4-7,10,17H2,1-2H3,(H,18,19). The van der Waals surface area contributed by atoms with E-state index in [-0.39, 0.29) is 11.8 Å². The van der Waals surface area contributed by atoms with Gasteiger partial charge in [0.05, 0.1) is 0 Å². The molecule has 1 aliphatic rings. The molecule has 0 bridgehead atoms. The summed E-state index contributed by atoms with van der Waals surface area (Å²) in [5, 5.41) is 3.07. The fourth-order valence-electron chi connectivity index (χ4n) is 2.85. The molecule has 3 nitrogen and oxygen atoms in total. The first-order valence-electron chi connectivity index (χ1n) is 7.18. The van der Waals surface area contributed by atoms with Crippen molar-refractivity contribution in [3.8, 4) is 0 Å². The average Bonchev–Trinajstić information content (AvgIpc) is 2.42. The predicted molar refractivity (Wildman–Crippen MR) is 79.0 cm³/mol. The van der Waals surface area contributed by atoms with Crippen LogP contribution in [0.5, 0.6) is 0 Å². The van der Waals surface area contributed by atoms with E-state index in [1.54, 1.807) is 0 Å². The van der Waals surface area contributed by atoms with Gasteiger partial charge in [-0.3, -0.25) is 4.79 Å². The van der Waals surface area contributed by atoms with Crippen LogP contribution in [0.15, 0.2) is 18.2 Å². The van der Waals surface area contributed by atoms with E-state index >= 15 is 0 Å². The summed E-state index contributed by atoms with van der Waals surface area (Å²) in [4.78, 5) is 12.3. The third kappa shape index (κ3) is 3.57. The Labute approximate surface area is 115 Å². The van der Waals surface area contributed by atoms with Crippen LogP contribution in [0.1, 0.15) is 36.8 Å². The Kier molecular flexibility index (Phi) is 4.59. The highest BCUT2D eigenvalue weighted by Gasteiger charge is 2.25. The van der Waals surface area contributed by atoms with Gasteiger partial charge in [-0.2, -0.15) is 0 Å². The lowest BCUT2D eigenvalue weighted by atomic mass is 9.81. The van der Waals surface area contributed by atoms with Gasteiger partial charge in [0.15, 0.2) is 0 Å². The molecule has 0 aromatic heterocycles. The molecule has 1 aromatic carbocycles. The molecule has 0 heterocycles. The number of hydrogen-bond donors (Lipinski definition) is 2. The third-order valence-corrected chi connectivity index (χ3v) is 4.19. The fraction of sp³-hybridized carbons (Fsp3) is 0.562. The largest absolute Gasteiger partial charge is 0.330 e. The van der Waals surface area contributed by atoms with Crippen LogP contribution < -0.4 is 11.1 Å². The van der Waals surface area contributed by atoms with Crippen molar-refractivity contribution in [2.75, 3.05) is 11.9 Å². The summed E-state index contributed by atoms with van der Waals surface area (Å²) in [6.07, 6.45) is 4.11. The van der Waals surface area contributed by atoms with Gasteiger partial charge < -0.3 is 11.1 Å². The van der Waals surface area contributed by atoms with Gasteiger partial charge in [0.2, 0.25) is 5.91 Å². The summed E-state index contributed by atoms with van der Waals surface area (Å²) in [7, 11) is 0. The summed E-state index contributed by atoms with van der Waals surface area (Å²) in [6, 6.07) is 6.13. The van der Waals surface area contributed by atoms with Gasteiger partial charge >= 0.3 is 0 Å². The highest BCUT2D eigenvalue weighted by atomic mass is 16.1. The monoisotopic (exact) mass is 260 g/mol. The second kappa shape index (κ2) is 6.20. The van der Waals surface area contributed by atoms with Crippen molar-refractivity contribution in [3.05, 3.63) is 29.3 Å². The van der Waals surface area contributed by atoms with Crippen LogP contribution in [0.3, 0.4) is 0 Å². The molecule has 1 aromatic rings. The van der Waals surface area contributed by atoms with Crippen molar-refractivity contribution in [2.45, 2.75) is 39.5 Å². The number of anilines is 1. The quantitative estimate of drug-likeness (QED) is 0.877. The molecule has 3 heteroatoms. The zero-order chi connectivity index (χ0) is 13.8. The number of amides is 1. The molecule has 1 aliphatic carbocycles. The molecule has 0 aliphatic heterocycles. The summed E-state index contributed by atoms with van der Waals surface area (Å²) in [6.45, 7) is 4.85. The topological polar surface area (TPSA) is 55.1 Å². The lowest BCUT2D eigenvalue weighted by Gasteiger charge is -2.27. The minimum absolute atomic E-state index is 0.156. The summed E-state index contributed by atoms with van der Waals surface area (Å²) >= 11 is 0. The van der Waals surface area contributed by atoms with Crippen LogP contribution in [-0.4, -0.2) is 12.5 Å². The Balaban J connectivity index is 1.94. The van der Waals surface area contributed by atoms with Crippen molar-refractivity contribution in [1.29, 1.82) is 0 Å². The van der Waals surface area contributed by atoms with Crippen LogP contribution in [0.2, 0.25) is 0 Å². The lowest BCUT2D eigenvalue weighted by molar-refractivity contribution is -0.121. The predicted octanol–water partition coefficient (Wildman–Crippen LogP) is 3.01. The van der Waals surface area contributed by atoms with Crippen LogP contribution in [0, 0.1) is 25.7 Å². The zero-order valence-electron chi connectivity index (χ0n) is 11.9. The van der Waals surface area contributed by atoms with Crippen molar-refractivity contribution in [2.24, 2.45) is 17.6 Å². The number of benzene rings is 1. The Hall–Kier alpha value is -1.35. The number of nitrogens with two attached hydrogens (primary N) is 1. The van der Waals surface area contributed by atoms with Crippen LogP contribution in [-0.2, 0) is 4.79 Å². The highest BCUT2D eigenvalue weighted by molar-refractivity contribution is 5.93. The Bertz CT molecular complexity index is 448. The first-order valence-corrected chi connectivity index (χ1v) is 7.18. The van der Waals surface area contributed by atoms with E-state index in [1.165, 1.54) is 5.56 Å². The lowest BCUT2D eigenvalue weighted by Crippen LogP contribution is -2.29. The molecular weight excluding hydrogens is 236 g/mol. The van der Waals surface area contributed by atoms with E-state index in [4.69, 9.17) is 5.73 Å². The van der Waals surface area contributed by atoms with E-state index in [2.05, 4.69) is 18.3 Å². The van der Waals surface area contributed by atoms with Gasteiger partial charge in [0.1, 0.15) is 0 Å². The molecule has 1 amide bonds. The van der Waals surface area contributed by atoms with E-state index in [0.717, 1.165) is 43.5 Å². The summed E-state index contributed by atoms with van der Waals surface area (Å²) < 4.78 is 0. The molecule has 0 spiro atoms. The van der Waals surface area contributed by atoms with Crippen molar-refractivity contribution in [3.63, 3.8) is 0 Å². The molecule has 0 atom stereocenters. The maximum Gasteiger partial charge on any atom is 0.227 e. The number of nitrogens with one attached hydrogen (secondary N) is 1.